The van der Waals surface area contributed by atoms with Crippen LogP contribution in [-0.4, -0.2) is 27.6 Å². The number of carbonyl (C=O) groups is 1. The standard InChI is InChI=1S/C20H18FN5O2S/c1-28-10-14-6-13(9-26-18(14)24-20(22)25-26)15-7-17(29-11-15)19(27)23-8-12-2-4-16(21)5-3-12/h2-7,9,11H,8,10H2,1H3,(H2,22,25)(H,23,27). The minimum absolute atomic E-state index is 0.186. The van der Waals surface area contributed by atoms with Crippen LogP contribution in [0.1, 0.15) is 20.8 Å². The number of fused-ring (bicyclic) bond motifs is 1. The minimum Gasteiger partial charge on any atom is -0.380 e. The molecule has 148 valence electrons. The van der Waals surface area contributed by atoms with Crippen LogP contribution in [0.5, 0.6) is 0 Å². The van der Waals surface area contributed by atoms with Gasteiger partial charge in [-0.25, -0.2) is 8.91 Å². The molecule has 3 aromatic heterocycles. The van der Waals surface area contributed by atoms with Gasteiger partial charge in [-0.05, 0) is 40.8 Å². The Morgan fingerprint density at radius 1 is 1.28 bits per heavy atom. The van der Waals surface area contributed by atoms with Gasteiger partial charge in [0.1, 0.15) is 5.82 Å². The van der Waals surface area contributed by atoms with Crippen molar-refractivity contribution >= 4 is 28.8 Å². The largest absolute Gasteiger partial charge is 0.380 e. The van der Waals surface area contributed by atoms with Gasteiger partial charge in [-0.15, -0.1) is 16.4 Å². The summed E-state index contributed by atoms with van der Waals surface area (Å²) in [4.78, 5) is 17.3. The lowest BCUT2D eigenvalue weighted by atomic mass is 10.1. The summed E-state index contributed by atoms with van der Waals surface area (Å²) in [5, 5.41) is 8.94. The number of benzene rings is 1. The van der Waals surface area contributed by atoms with E-state index >= 15 is 0 Å². The predicted octanol–water partition coefficient (Wildman–Crippen LogP) is 3.26. The Hall–Kier alpha value is -3.30. The van der Waals surface area contributed by atoms with E-state index in [9.17, 15) is 9.18 Å². The van der Waals surface area contributed by atoms with Gasteiger partial charge in [-0.2, -0.15) is 4.98 Å². The van der Waals surface area contributed by atoms with E-state index < -0.39 is 0 Å². The topological polar surface area (TPSA) is 94.5 Å². The van der Waals surface area contributed by atoms with Gasteiger partial charge in [0.2, 0.25) is 5.95 Å². The molecule has 29 heavy (non-hydrogen) atoms. The minimum atomic E-state index is -0.304. The van der Waals surface area contributed by atoms with E-state index in [1.54, 1.807) is 23.8 Å². The summed E-state index contributed by atoms with van der Waals surface area (Å²) in [6.45, 7) is 0.694. The summed E-state index contributed by atoms with van der Waals surface area (Å²) >= 11 is 1.35. The molecule has 0 fully saturated rings. The zero-order valence-corrected chi connectivity index (χ0v) is 16.4. The molecule has 4 rings (SSSR count). The monoisotopic (exact) mass is 411 g/mol. The molecule has 0 spiro atoms. The van der Waals surface area contributed by atoms with Crippen LogP contribution in [-0.2, 0) is 17.9 Å². The van der Waals surface area contributed by atoms with E-state index in [1.165, 1.54) is 23.5 Å². The number of methoxy groups -OCH3 is 1. The molecule has 0 unspecified atom stereocenters. The number of amides is 1. The number of carbonyl (C=O) groups excluding carboxylic acids is 1. The van der Waals surface area contributed by atoms with Gasteiger partial charge in [0.25, 0.3) is 5.91 Å². The first-order valence-electron chi connectivity index (χ1n) is 8.79. The molecule has 9 heteroatoms. The van der Waals surface area contributed by atoms with E-state index in [4.69, 9.17) is 10.5 Å². The van der Waals surface area contributed by atoms with E-state index in [-0.39, 0.29) is 17.7 Å². The highest BCUT2D eigenvalue weighted by molar-refractivity contribution is 7.12. The number of nitrogens with one attached hydrogen (secondary N) is 1. The highest BCUT2D eigenvalue weighted by atomic mass is 32.1. The van der Waals surface area contributed by atoms with Crippen LogP contribution in [0.25, 0.3) is 16.8 Å². The molecule has 0 radical (unpaired) electrons. The van der Waals surface area contributed by atoms with Crippen LogP contribution in [0.2, 0.25) is 0 Å². The maximum Gasteiger partial charge on any atom is 0.261 e. The average Bonchev–Trinajstić information content (AvgIpc) is 3.34. The lowest BCUT2D eigenvalue weighted by molar-refractivity contribution is 0.0955. The number of rotatable bonds is 6. The smallest absolute Gasteiger partial charge is 0.261 e. The quantitative estimate of drug-likeness (QED) is 0.508. The zero-order chi connectivity index (χ0) is 20.4. The summed E-state index contributed by atoms with van der Waals surface area (Å²) in [6, 6.07) is 9.81. The van der Waals surface area contributed by atoms with Gasteiger partial charge in [-0.1, -0.05) is 12.1 Å². The SMILES string of the molecule is COCc1cc(-c2csc(C(=O)NCc3ccc(F)cc3)c2)cn2nc(N)nc12. The molecule has 0 atom stereocenters. The number of aromatic nitrogens is 3. The van der Waals surface area contributed by atoms with Crippen LogP contribution in [0.15, 0.2) is 48.0 Å². The molecule has 7 nitrogen and oxygen atoms in total. The zero-order valence-electron chi connectivity index (χ0n) is 15.6. The molecule has 0 bridgehead atoms. The summed E-state index contributed by atoms with van der Waals surface area (Å²) in [6.07, 6.45) is 1.82. The Morgan fingerprint density at radius 3 is 2.83 bits per heavy atom. The Bertz CT molecular complexity index is 1170. The van der Waals surface area contributed by atoms with Crippen molar-refractivity contribution in [2.24, 2.45) is 0 Å². The van der Waals surface area contributed by atoms with Gasteiger partial charge in [-0.3, -0.25) is 4.79 Å². The average molecular weight is 411 g/mol. The second-order valence-corrected chi connectivity index (χ2v) is 7.35. The number of hydrogen-bond donors (Lipinski definition) is 2. The highest BCUT2D eigenvalue weighted by Crippen LogP contribution is 2.28. The number of thiophene rings is 1. The van der Waals surface area contributed by atoms with Crippen LogP contribution in [0.4, 0.5) is 10.3 Å². The first-order chi connectivity index (χ1) is 14.0. The lowest BCUT2D eigenvalue weighted by Crippen LogP contribution is -2.21. The fourth-order valence-corrected chi connectivity index (χ4v) is 3.80. The number of pyridine rings is 1. The highest BCUT2D eigenvalue weighted by Gasteiger charge is 2.14. The van der Waals surface area contributed by atoms with Crippen molar-refractivity contribution in [3.63, 3.8) is 0 Å². The van der Waals surface area contributed by atoms with E-state index in [1.807, 2.05) is 23.7 Å². The van der Waals surface area contributed by atoms with Crippen LogP contribution < -0.4 is 11.1 Å². The van der Waals surface area contributed by atoms with Crippen molar-refractivity contribution in [1.29, 1.82) is 0 Å². The number of halogens is 1. The fraction of sp³-hybridized carbons (Fsp3) is 0.150. The molecule has 4 aromatic rings. The molecule has 0 aliphatic carbocycles. The molecule has 1 aromatic carbocycles. The molecule has 0 saturated heterocycles. The van der Waals surface area contributed by atoms with Gasteiger partial charge in [0.15, 0.2) is 5.65 Å². The summed E-state index contributed by atoms with van der Waals surface area (Å²) in [7, 11) is 1.61. The number of anilines is 1. The van der Waals surface area contributed by atoms with Crippen molar-refractivity contribution in [2.75, 3.05) is 12.8 Å². The molecule has 0 aliphatic rings. The van der Waals surface area contributed by atoms with Crippen molar-refractivity contribution < 1.29 is 13.9 Å². The maximum absolute atomic E-state index is 13.0. The summed E-state index contributed by atoms with van der Waals surface area (Å²) < 4.78 is 19.8. The van der Waals surface area contributed by atoms with Gasteiger partial charge >= 0.3 is 0 Å². The molecule has 0 aliphatic heterocycles. The summed E-state index contributed by atoms with van der Waals surface area (Å²) in [5.41, 5.74) is 9.80. The lowest BCUT2D eigenvalue weighted by Gasteiger charge is -2.06. The molecule has 0 saturated carbocycles. The second-order valence-electron chi connectivity index (χ2n) is 6.43. The Balaban J connectivity index is 1.55. The first-order valence-corrected chi connectivity index (χ1v) is 9.66. The van der Waals surface area contributed by atoms with Crippen molar-refractivity contribution in [3.05, 3.63) is 69.8 Å². The molecular formula is C20H18FN5O2S. The third-order valence-electron chi connectivity index (χ3n) is 4.35. The van der Waals surface area contributed by atoms with Crippen molar-refractivity contribution in [3.8, 4) is 11.1 Å². The predicted molar refractivity (Wildman–Crippen MR) is 109 cm³/mol. The molecule has 1 amide bonds. The van der Waals surface area contributed by atoms with Gasteiger partial charge in [0, 0.05) is 31.0 Å². The third-order valence-corrected chi connectivity index (χ3v) is 5.28. The van der Waals surface area contributed by atoms with Crippen LogP contribution >= 0.6 is 11.3 Å². The number of hydrogen-bond acceptors (Lipinski definition) is 6. The van der Waals surface area contributed by atoms with Crippen molar-refractivity contribution in [1.82, 2.24) is 19.9 Å². The molecular weight excluding hydrogens is 393 g/mol. The van der Waals surface area contributed by atoms with E-state index in [0.717, 1.165) is 22.3 Å². The number of nitrogens with zero attached hydrogens (tertiary/aromatic N) is 3. The third kappa shape index (κ3) is 4.10. The fourth-order valence-electron chi connectivity index (χ4n) is 2.97. The first kappa shape index (κ1) is 19.0. The molecule has 3 heterocycles. The number of ether oxygens (including phenoxy) is 1. The van der Waals surface area contributed by atoms with Gasteiger partial charge in [0.05, 0.1) is 11.5 Å². The van der Waals surface area contributed by atoms with Crippen LogP contribution in [0, 0.1) is 5.82 Å². The van der Waals surface area contributed by atoms with Crippen LogP contribution in [0.3, 0.4) is 0 Å². The van der Waals surface area contributed by atoms with E-state index in [2.05, 4.69) is 15.4 Å². The molecule has 3 N–H and O–H groups in total. The Kier molecular flexibility index (Phi) is 5.24. The van der Waals surface area contributed by atoms with Crippen molar-refractivity contribution in [2.45, 2.75) is 13.2 Å². The Morgan fingerprint density at radius 2 is 2.07 bits per heavy atom. The van der Waals surface area contributed by atoms with E-state index in [0.29, 0.717) is 23.7 Å². The maximum atomic E-state index is 13.0. The number of nitrogen functional groups attached to an aromatic ring is 1. The normalized spacial score (nSPS) is 11.1. The van der Waals surface area contributed by atoms with Gasteiger partial charge < -0.3 is 15.8 Å². The second kappa shape index (κ2) is 7.98. The Labute approximate surface area is 170 Å². The number of nitrogens with two attached hydrogens (primary N) is 1. The summed E-state index contributed by atoms with van der Waals surface area (Å²) in [5.74, 6) is -0.304.